The monoisotopic (exact) mass is 632 g/mol. The number of carbonyl (C=O) groups excluding carboxylic acids is 5. The molecule has 0 saturated carbocycles. The first-order chi connectivity index (χ1) is 21.6. The second kappa shape index (κ2) is 17.6. The van der Waals surface area contributed by atoms with Crippen molar-refractivity contribution < 1.29 is 57.1 Å². The number of hydrogen-bond donors (Lipinski definition) is 1. The third-order valence-corrected chi connectivity index (χ3v) is 6.60. The van der Waals surface area contributed by atoms with Gasteiger partial charge in [0, 0.05) is 39.8 Å². The third-order valence-electron chi connectivity index (χ3n) is 6.60. The van der Waals surface area contributed by atoms with Crippen LogP contribution in [0.5, 0.6) is 0 Å². The number of amides is 1. The number of ether oxygens (including phenoxy) is 7. The highest BCUT2D eigenvalue weighted by atomic mass is 16.6. The van der Waals surface area contributed by atoms with E-state index in [1.165, 1.54) is 13.0 Å². The molecule has 2 aliphatic rings. The molecule has 14 heteroatoms. The van der Waals surface area contributed by atoms with Crippen LogP contribution in [-0.4, -0.2) is 86.1 Å². The number of unbranched alkanes of at least 4 members (excludes halogenated alkanes) is 2. The topological polar surface area (TPSA) is 174 Å². The molecule has 1 aromatic rings. The summed E-state index contributed by atoms with van der Waals surface area (Å²) in [5.74, 6) is -2.65. The molecular weight excluding hydrogens is 592 g/mol. The molecule has 246 valence electrons. The summed E-state index contributed by atoms with van der Waals surface area (Å²) >= 11 is 0. The fourth-order valence-electron chi connectivity index (χ4n) is 4.70. The molecule has 0 fully saturated rings. The van der Waals surface area contributed by atoms with Crippen molar-refractivity contribution in [2.75, 3.05) is 19.8 Å². The first-order valence-electron chi connectivity index (χ1n) is 14.8. The molecule has 2 aliphatic heterocycles. The summed E-state index contributed by atoms with van der Waals surface area (Å²) in [4.78, 5) is 64.8. The van der Waals surface area contributed by atoms with Crippen molar-refractivity contribution in [1.82, 2.24) is 5.32 Å². The van der Waals surface area contributed by atoms with Crippen LogP contribution in [0.3, 0.4) is 0 Å². The number of carbonyl (C=O) groups is 5. The standard InChI is InChI=1S/C31H40N2O12/c1-5-39-30(37)24-16-23-27(29(45-24)28(43-21(4)36)25(42-20(3)35)18-40-19(2)34)33-26(44-23)14-10-7-11-15-32-31(38)41-17-22-12-8-6-9-13-22/h6,8-9,12-13,16,23,25,27-29H,5,7,10-11,14-15,17-18H2,1-4H3,(H,32,38)/t23-,25-,27-,28-,29-/m1/s1. The Balaban J connectivity index is 1.64. The van der Waals surface area contributed by atoms with Crippen molar-refractivity contribution in [2.24, 2.45) is 4.99 Å². The van der Waals surface area contributed by atoms with Gasteiger partial charge < -0.3 is 38.5 Å². The Morgan fingerprint density at radius 2 is 1.62 bits per heavy atom. The molecule has 2 heterocycles. The summed E-state index contributed by atoms with van der Waals surface area (Å²) in [5.41, 5.74) is 0.896. The van der Waals surface area contributed by atoms with E-state index in [4.69, 9.17) is 33.2 Å². The van der Waals surface area contributed by atoms with E-state index >= 15 is 0 Å². The van der Waals surface area contributed by atoms with Gasteiger partial charge in [0.15, 0.2) is 24.2 Å². The van der Waals surface area contributed by atoms with Crippen LogP contribution in [0.2, 0.25) is 0 Å². The lowest BCUT2D eigenvalue weighted by Gasteiger charge is -2.37. The van der Waals surface area contributed by atoms with E-state index in [-0.39, 0.29) is 19.0 Å². The van der Waals surface area contributed by atoms with Gasteiger partial charge in [0.05, 0.1) is 6.61 Å². The number of nitrogens with one attached hydrogen (secondary N) is 1. The summed E-state index contributed by atoms with van der Waals surface area (Å²) in [6.07, 6.45) is -1.03. The lowest BCUT2D eigenvalue weighted by molar-refractivity contribution is -0.188. The number of benzene rings is 1. The number of rotatable bonds is 16. The Morgan fingerprint density at radius 3 is 2.29 bits per heavy atom. The lowest BCUT2D eigenvalue weighted by Crippen LogP contribution is -2.54. The zero-order chi connectivity index (χ0) is 32.8. The van der Waals surface area contributed by atoms with Gasteiger partial charge in [-0.1, -0.05) is 36.8 Å². The van der Waals surface area contributed by atoms with Gasteiger partial charge in [0.25, 0.3) is 0 Å². The number of hydrogen-bond acceptors (Lipinski definition) is 13. The molecule has 0 aromatic heterocycles. The van der Waals surface area contributed by atoms with Crippen LogP contribution in [0.15, 0.2) is 47.2 Å². The van der Waals surface area contributed by atoms with Gasteiger partial charge in [0.1, 0.15) is 25.4 Å². The van der Waals surface area contributed by atoms with Gasteiger partial charge in [-0.15, -0.1) is 0 Å². The number of alkyl carbamates (subject to hydrolysis) is 1. The van der Waals surface area contributed by atoms with Crippen LogP contribution in [0.1, 0.15) is 58.9 Å². The Kier molecular flexibility index (Phi) is 13.7. The van der Waals surface area contributed by atoms with Crippen LogP contribution < -0.4 is 5.32 Å². The third kappa shape index (κ3) is 11.4. The van der Waals surface area contributed by atoms with E-state index in [2.05, 4.69) is 10.3 Å². The second-order valence-corrected chi connectivity index (χ2v) is 10.3. The molecule has 0 spiro atoms. The van der Waals surface area contributed by atoms with Gasteiger partial charge in [-0.2, -0.15) is 0 Å². The van der Waals surface area contributed by atoms with E-state index in [1.54, 1.807) is 6.92 Å². The summed E-state index contributed by atoms with van der Waals surface area (Å²) < 4.78 is 38.3. The highest BCUT2D eigenvalue weighted by Gasteiger charge is 2.50. The summed E-state index contributed by atoms with van der Waals surface area (Å²) in [5, 5.41) is 2.72. The van der Waals surface area contributed by atoms with Crippen LogP contribution >= 0.6 is 0 Å². The van der Waals surface area contributed by atoms with Crippen molar-refractivity contribution in [3.63, 3.8) is 0 Å². The molecule has 1 N–H and O–H groups in total. The SMILES string of the molecule is CCOC(=O)C1=C[C@H]2OC(CCCCCNC(=O)OCc3ccccc3)=N[C@H]2[C@H]([C@H](OC(C)=O)[C@@H](COC(C)=O)OC(C)=O)O1. The van der Waals surface area contributed by atoms with Crippen LogP contribution in [0, 0.1) is 0 Å². The van der Waals surface area contributed by atoms with Crippen molar-refractivity contribution in [3.8, 4) is 0 Å². The maximum atomic E-state index is 12.6. The number of esters is 4. The first-order valence-corrected chi connectivity index (χ1v) is 14.8. The molecular formula is C31H40N2O12. The number of fused-ring (bicyclic) bond motifs is 1. The Labute approximate surface area is 261 Å². The first kappa shape index (κ1) is 34.9. The molecule has 0 aliphatic carbocycles. The minimum absolute atomic E-state index is 0.0798. The molecule has 14 nitrogen and oxygen atoms in total. The van der Waals surface area contributed by atoms with E-state index in [0.717, 1.165) is 25.8 Å². The fourth-order valence-corrected chi connectivity index (χ4v) is 4.70. The van der Waals surface area contributed by atoms with Crippen molar-refractivity contribution in [2.45, 2.75) is 90.4 Å². The van der Waals surface area contributed by atoms with Gasteiger partial charge in [-0.25, -0.2) is 14.6 Å². The van der Waals surface area contributed by atoms with Crippen molar-refractivity contribution >= 4 is 35.9 Å². The smallest absolute Gasteiger partial charge is 0.407 e. The van der Waals surface area contributed by atoms with Crippen molar-refractivity contribution in [1.29, 1.82) is 0 Å². The molecule has 0 saturated heterocycles. The van der Waals surface area contributed by atoms with Gasteiger partial charge in [-0.3, -0.25) is 14.4 Å². The van der Waals surface area contributed by atoms with E-state index in [9.17, 15) is 24.0 Å². The average Bonchev–Trinajstić information content (AvgIpc) is 3.41. The van der Waals surface area contributed by atoms with Crippen molar-refractivity contribution in [3.05, 3.63) is 47.7 Å². The summed E-state index contributed by atoms with van der Waals surface area (Å²) in [7, 11) is 0. The zero-order valence-corrected chi connectivity index (χ0v) is 25.9. The normalized spacial score (nSPS) is 19.6. The van der Waals surface area contributed by atoms with Crippen LogP contribution in [0.25, 0.3) is 0 Å². The molecule has 45 heavy (non-hydrogen) atoms. The molecule has 1 amide bonds. The quantitative estimate of drug-likeness (QED) is 0.161. The summed E-state index contributed by atoms with van der Waals surface area (Å²) in [6.45, 7) is 5.38. The minimum Gasteiger partial charge on any atom is -0.477 e. The van der Waals surface area contributed by atoms with Crippen LogP contribution in [0.4, 0.5) is 4.79 Å². The molecule has 1 aromatic carbocycles. The minimum atomic E-state index is -1.32. The van der Waals surface area contributed by atoms with Gasteiger partial charge in [0.2, 0.25) is 5.76 Å². The lowest BCUT2D eigenvalue weighted by atomic mass is 9.94. The van der Waals surface area contributed by atoms with E-state index in [1.807, 2.05) is 30.3 Å². The fraction of sp³-hybridized carbons (Fsp3) is 0.548. The number of nitrogens with zero attached hydrogens (tertiary/aromatic N) is 1. The second-order valence-electron chi connectivity index (χ2n) is 10.3. The summed E-state index contributed by atoms with van der Waals surface area (Å²) in [6, 6.07) is 8.58. The predicted molar refractivity (Wildman–Crippen MR) is 157 cm³/mol. The Bertz CT molecular complexity index is 1250. The maximum absolute atomic E-state index is 12.6. The predicted octanol–water partition coefficient (Wildman–Crippen LogP) is 2.91. The highest BCUT2D eigenvalue weighted by molar-refractivity contribution is 5.87. The average molecular weight is 633 g/mol. The maximum Gasteiger partial charge on any atom is 0.407 e. The molecule has 3 rings (SSSR count). The van der Waals surface area contributed by atoms with Gasteiger partial charge in [-0.05, 0) is 25.3 Å². The zero-order valence-electron chi connectivity index (χ0n) is 25.9. The van der Waals surface area contributed by atoms with E-state index < -0.39 is 67.0 Å². The Hall–Kier alpha value is -4.62. The molecule has 0 radical (unpaired) electrons. The molecule has 0 bridgehead atoms. The molecule has 5 atom stereocenters. The highest BCUT2D eigenvalue weighted by Crippen LogP contribution is 2.33. The number of aliphatic imine (C=N–C) groups is 1. The largest absolute Gasteiger partial charge is 0.477 e. The molecule has 0 unspecified atom stereocenters. The Morgan fingerprint density at radius 1 is 0.889 bits per heavy atom. The van der Waals surface area contributed by atoms with Gasteiger partial charge >= 0.3 is 30.0 Å². The van der Waals surface area contributed by atoms with E-state index in [0.29, 0.717) is 31.7 Å². The van der Waals surface area contributed by atoms with Crippen LogP contribution in [-0.2, 0) is 58.9 Å².